The molecule has 2 aromatic rings. The van der Waals surface area contributed by atoms with E-state index in [4.69, 9.17) is 10.00 Å². The number of ether oxygens (including phenoxy) is 1. The van der Waals surface area contributed by atoms with Gasteiger partial charge in [0, 0.05) is 6.42 Å². The highest BCUT2D eigenvalue weighted by Crippen LogP contribution is 2.22. The Morgan fingerprint density at radius 2 is 1.89 bits per heavy atom. The number of nitrogens with zero attached hydrogens (tertiary/aromatic N) is 1. The van der Waals surface area contributed by atoms with Gasteiger partial charge in [0.15, 0.2) is 0 Å². The molecule has 1 N–H and O–H groups in total. The van der Waals surface area contributed by atoms with Crippen LogP contribution in [0, 0.1) is 11.3 Å². The SMILES string of the molecule is COc1ccc(Cc2ccc(C#N)cc2O)cc1. The lowest BCUT2D eigenvalue weighted by molar-refractivity contribution is 0.414. The summed E-state index contributed by atoms with van der Waals surface area (Å²) in [6.07, 6.45) is 0.627. The smallest absolute Gasteiger partial charge is 0.120 e. The molecule has 0 bridgehead atoms. The zero-order valence-corrected chi connectivity index (χ0v) is 10.1. The van der Waals surface area contributed by atoms with Crippen LogP contribution in [-0.4, -0.2) is 12.2 Å². The fourth-order valence-electron chi connectivity index (χ4n) is 1.75. The Morgan fingerprint density at radius 3 is 2.44 bits per heavy atom. The van der Waals surface area contributed by atoms with Crippen LogP contribution >= 0.6 is 0 Å². The van der Waals surface area contributed by atoms with Gasteiger partial charge in [-0.2, -0.15) is 5.26 Å². The molecule has 0 saturated heterocycles. The Kier molecular flexibility index (Phi) is 3.49. The Labute approximate surface area is 106 Å². The lowest BCUT2D eigenvalue weighted by Gasteiger charge is -2.06. The lowest BCUT2D eigenvalue weighted by Crippen LogP contribution is -1.90. The van der Waals surface area contributed by atoms with E-state index < -0.39 is 0 Å². The highest BCUT2D eigenvalue weighted by Gasteiger charge is 2.04. The second-order valence-electron chi connectivity index (χ2n) is 3.98. The zero-order valence-electron chi connectivity index (χ0n) is 10.1. The van der Waals surface area contributed by atoms with E-state index in [1.165, 1.54) is 6.07 Å². The van der Waals surface area contributed by atoms with E-state index in [1.54, 1.807) is 19.2 Å². The number of hydrogen-bond donors (Lipinski definition) is 1. The molecular formula is C15H13NO2. The predicted octanol–water partition coefficient (Wildman–Crippen LogP) is 2.86. The van der Waals surface area contributed by atoms with Crippen molar-refractivity contribution < 1.29 is 9.84 Å². The highest BCUT2D eigenvalue weighted by atomic mass is 16.5. The Balaban J connectivity index is 2.20. The van der Waals surface area contributed by atoms with Crippen LogP contribution in [0.2, 0.25) is 0 Å². The van der Waals surface area contributed by atoms with Crippen LogP contribution in [0.3, 0.4) is 0 Å². The summed E-state index contributed by atoms with van der Waals surface area (Å²) in [4.78, 5) is 0. The predicted molar refractivity (Wildman–Crippen MR) is 68.6 cm³/mol. The van der Waals surface area contributed by atoms with Crippen LogP contribution in [0.4, 0.5) is 0 Å². The second-order valence-corrected chi connectivity index (χ2v) is 3.98. The van der Waals surface area contributed by atoms with E-state index in [-0.39, 0.29) is 5.75 Å². The molecule has 0 atom stereocenters. The minimum Gasteiger partial charge on any atom is -0.508 e. The average molecular weight is 239 g/mol. The summed E-state index contributed by atoms with van der Waals surface area (Å²) in [5.41, 5.74) is 2.35. The van der Waals surface area contributed by atoms with Gasteiger partial charge >= 0.3 is 0 Å². The molecule has 0 heterocycles. The van der Waals surface area contributed by atoms with Crippen molar-refractivity contribution in [2.45, 2.75) is 6.42 Å². The fraction of sp³-hybridized carbons (Fsp3) is 0.133. The van der Waals surface area contributed by atoms with Gasteiger partial charge in [-0.1, -0.05) is 18.2 Å². The van der Waals surface area contributed by atoms with E-state index in [1.807, 2.05) is 30.3 Å². The second kappa shape index (κ2) is 5.24. The first-order valence-corrected chi connectivity index (χ1v) is 5.58. The van der Waals surface area contributed by atoms with Crippen molar-refractivity contribution in [2.75, 3.05) is 7.11 Å². The summed E-state index contributed by atoms with van der Waals surface area (Å²) in [5, 5.41) is 18.5. The molecule has 0 unspecified atom stereocenters. The summed E-state index contributed by atoms with van der Waals surface area (Å²) >= 11 is 0. The quantitative estimate of drug-likeness (QED) is 0.896. The molecule has 2 rings (SSSR count). The molecule has 3 heteroatoms. The largest absolute Gasteiger partial charge is 0.508 e. The maximum atomic E-state index is 9.81. The van der Waals surface area contributed by atoms with Crippen molar-refractivity contribution in [2.24, 2.45) is 0 Å². The topological polar surface area (TPSA) is 53.2 Å². The number of hydrogen-bond acceptors (Lipinski definition) is 3. The number of methoxy groups -OCH3 is 1. The van der Waals surface area contributed by atoms with Gasteiger partial charge in [-0.15, -0.1) is 0 Å². The van der Waals surface area contributed by atoms with Crippen LogP contribution in [0.5, 0.6) is 11.5 Å². The first-order valence-electron chi connectivity index (χ1n) is 5.58. The number of aromatic hydroxyl groups is 1. The molecule has 0 saturated carbocycles. The molecule has 3 nitrogen and oxygen atoms in total. The number of rotatable bonds is 3. The average Bonchev–Trinajstić information content (AvgIpc) is 2.42. The maximum Gasteiger partial charge on any atom is 0.120 e. The monoisotopic (exact) mass is 239 g/mol. The third kappa shape index (κ3) is 2.61. The summed E-state index contributed by atoms with van der Waals surface area (Å²) < 4.78 is 5.09. The number of nitriles is 1. The summed E-state index contributed by atoms with van der Waals surface area (Å²) in [5.74, 6) is 0.965. The molecule has 0 radical (unpaired) electrons. The van der Waals surface area contributed by atoms with Crippen molar-refractivity contribution in [3.63, 3.8) is 0 Å². The minimum absolute atomic E-state index is 0.157. The Morgan fingerprint density at radius 1 is 1.17 bits per heavy atom. The van der Waals surface area contributed by atoms with Gasteiger partial charge in [0.25, 0.3) is 0 Å². The first kappa shape index (κ1) is 12.0. The van der Waals surface area contributed by atoms with Gasteiger partial charge in [0.1, 0.15) is 11.5 Å². The van der Waals surface area contributed by atoms with E-state index in [0.717, 1.165) is 16.9 Å². The van der Waals surface area contributed by atoms with E-state index in [9.17, 15) is 5.11 Å². The van der Waals surface area contributed by atoms with Gasteiger partial charge in [0.05, 0.1) is 18.7 Å². The maximum absolute atomic E-state index is 9.81. The van der Waals surface area contributed by atoms with Crippen molar-refractivity contribution in [1.82, 2.24) is 0 Å². The molecule has 0 fully saturated rings. The van der Waals surface area contributed by atoms with Crippen molar-refractivity contribution in [3.8, 4) is 17.6 Å². The number of phenols is 1. The lowest BCUT2D eigenvalue weighted by atomic mass is 10.0. The van der Waals surface area contributed by atoms with Crippen LogP contribution in [-0.2, 0) is 6.42 Å². The molecule has 2 aromatic carbocycles. The number of benzene rings is 2. The van der Waals surface area contributed by atoms with Gasteiger partial charge in [-0.3, -0.25) is 0 Å². The van der Waals surface area contributed by atoms with E-state index in [0.29, 0.717) is 12.0 Å². The molecule has 0 amide bonds. The minimum atomic E-state index is 0.157. The normalized spacial score (nSPS) is 9.78. The van der Waals surface area contributed by atoms with Crippen LogP contribution in [0.25, 0.3) is 0 Å². The molecular weight excluding hydrogens is 226 g/mol. The van der Waals surface area contributed by atoms with Crippen LogP contribution in [0.15, 0.2) is 42.5 Å². The summed E-state index contributed by atoms with van der Waals surface area (Å²) in [6, 6.07) is 14.6. The summed E-state index contributed by atoms with van der Waals surface area (Å²) in [6.45, 7) is 0. The number of phenolic OH excluding ortho intramolecular Hbond substituents is 1. The Hall–Kier alpha value is -2.47. The van der Waals surface area contributed by atoms with Gasteiger partial charge < -0.3 is 9.84 Å². The molecule has 18 heavy (non-hydrogen) atoms. The van der Waals surface area contributed by atoms with Gasteiger partial charge in [-0.05, 0) is 35.4 Å². The summed E-state index contributed by atoms with van der Waals surface area (Å²) in [7, 11) is 1.63. The van der Waals surface area contributed by atoms with Crippen LogP contribution in [0.1, 0.15) is 16.7 Å². The first-order chi connectivity index (χ1) is 8.72. The molecule has 90 valence electrons. The standard InChI is InChI=1S/C15H13NO2/c1-18-14-6-3-11(4-7-14)8-13-5-2-12(10-16)9-15(13)17/h2-7,9,17H,8H2,1H3. The molecule has 0 spiro atoms. The fourth-order valence-corrected chi connectivity index (χ4v) is 1.75. The van der Waals surface area contributed by atoms with Crippen LogP contribution < -0.4 is 4.74 Å². The molecule has 0 aliphatic rings. The zero-order chi connectivity index (χ0) is 13.0. The molecule has 0 aliphatic heterocycles. The van der Waals surface area contributed by atoms with Crippen molar-refractivity contribution in [1.29, 1.82) is 5.26 Å². The third-order valence-corrected chi connectivity index (χ3v) is 2.77. The van der Waals surface area contributed by atoms with Gasteiger partial charge in [0.2, 0.25) is 0 Å². The van der Waals surface area contributed by atoms with Crippen molar-refractivity contribution >= 4 is 0 Å². The molecule has 0 aromatic heterocycles. The highest BCUT2D eigenvalue weighted by molar-refractivity contribution is 5.44. The van der Waals surface area contributed by atoms with Crippen molar-refractivity contribution in [3.05, 3.63) is 59.2 Å². The van der Waals surface area contributed by atoms with E-state index >= 15 is 0 Å². The molecule has 0 aliphatic carbocycles. The van der Waals surface area contributed by atoms with E-state index in [2.05, 4.69) is 0 Å². The Bertz CT molecular complexity index is 582. The third-order valence-electron chi connectivity index (χ3n) is 2.77. The van der Waals surface area contributed by atoms with Gasteiger partial charge in [-0.25, -0.2) is 0 Å².